The predicted octanol–water partition coefficient (Wildman–Crippen LogP) is 2.87. The molecule has 1 unspecified atom stereocenters. The number of carbonyl (C=O) groups excluding carboxylic acids is 2. The van der Waals surface area contributed by atoms with E-state index in [1.165, 1.54) is 11.3 Å². The number of benzene rings is 1. The van der Waals surface area contributed by atoms with Crippen molar-refractivity contribution in [3.8, 4) is 0 Å². The van der Waals surface area contributed by atoms with Crippen molar-refractivity contribution in [3.05, 3.63) is 57.8 Å². The maximum absolute atomic E-state index is 12.5. The summed E-state index contributed by atoms with van der Waals surface area (Å²) in [5, 5.41) is 14.2. The standard InChI is InChI=1S/C17H19NO3S/c1-2-6-12(19)11-18-17(21)14-8-4-3-7-13(14)16(20)15-9-5-10-22-15/h3-5,7-10,12,19H,2,6,11H2,1H3,(H,18,21). The quantitative estimate of drug-likeness (QED) is 0.772. The second-order valence-electron chi connectivity index (χ2n) is 5.00. The van der Waals surface area contributed by atoms with Gasteiger partial charge in [0.05, 0.1) is 16.5 Å². The summed E-state index contributed by atoms with van der Waals surface area (Å²) in [7, 11) is 0. The fraction of sp³-hybridized carbons (Fsp3) is 0.294. The summed E-state index contributed by atoms with van der Waals surface area (Å²) in [5.41, 5.74) is 0.719. The Balaban J connectivity index is 2.14. The number of carbonyl (C=O) groups is 2. The molecule has 116 valence electrons. The van der Waals surface area contributed by atoms with Gasteiger partial charge >= 0.3 is 0 Å². The highest BCUT2D eigenvalue weighted by Crippen LogP contribution is 2.18. The van der Waals surface area contributed by atoms with Crippen LogP contribution in [0.1, 0.15) is 45.4 Å². The van der Waals surface area contributed by atoms with Gasteiger partial charge in [-0.2, -0.15) is 0 Å². The van der Waals surface area contributed by atoms with E-state index >= 15 is 0 Å². The molecule has 1 aromatic heterocycles. The number of hydrogen-bond acceptors (Lipinski definition) is 4. The Morgan fingerprint density at radius 2 is 1.91 bits per heavy atom. The summed E-state index contributed by atoms with van der Waals surface area (Å²) in [6, 6.07) is 10.3. The van der Waals surface area contributed by atoms with Gasteiger partial charge in [0.2, 0.25) is 5.78 Å². The zero-order valence-electron chi connectivity index (χ0n) is 12.4. The van der Waals surface area contributed by atoms with Crippen molar-refractivity contribution in [2.45, 2.75) is 25.9 Å². The molecule has 0 aliphatic heterocycles. The lowest BCUT2D eigenvalue weighted by atomic mass is 10.0. The van der Waals surface area contributed by atoms with Crippen molar-refractivity contribution in [3.63, 3.8) is 0 Å². The van der Waals surface area contributed by atoms with Crippen molar-refractivity contribution in [2.75, 3.05) is 6.54 Å². The first-order valence-electron chi connectivity index (χ1n) is 7.27. The molecule has 2 N–H and O–H groups in total. The largest absolute Gasteiger partial charge is 0.391 e. The second kappa shape index (κ2) is 7.87. The zero-order valence-corrected chi connectivity index (χ0v) is 13.2. The normalized spacial score (nSPS) is 11.9. The van der Waals surface area contributed by atoms with Crippen LogP contribution in [-0.2, 0) is 0 Å². The SMILES string of the molecule is CCCC(O)CNC(=O)c1ccccc1C(=O)c1cccs1. The van der Waals surface area contributed by atoms with Crippen LogP contribution in [0.5, 0.6) is 0 Å². The topological polar surface area (TPSA) is 66.4 Å². The summed E-state index contributed by atoms with van der Waals surface area (Å²) >= 11 is 1.35. The summed E-state index contributed by atoms with van der Waals surface area (Å²) in [6.07, 6.45) is 0.926. The first kappa shape index (κ1) is 16.4. The summed E-state index contributed by atoms with van der Waals surface area (Å²) in [6.45, 7) is 2.16. The van der Waals surface area contributed by atoms with Gasteiger partial charge in [-0.05, 0) is 23.9 Å². The molecule has 0 fully saturated rings. The molecule has 1 aromatic carbocycles. The molecule has 0 aliphatic rings. The van der Waals surface area contributed by atoms with E-state index in [0.717, 1.165) is 6.42 Å². The van der Waals surface area contributed by atoms with Crippen molar-refractivity contribution >= 4 is 23.0 Å². The molecular formula is C17H19NO3S. The lowest BCUT2D eigenvalue weighted by Gasteiger charge is -2.12. The Hall–Kier alpha value is -1.98. The molecule has 22 heavy (non-hydrogen) atoms. The molecule has 1 heterocycles. The Kier molecular flexibility index (Phi) is 5.86. The van der Waals surface area contributed by atoms with E-state index in [0.29, 0.717) is 22.4 Å². The fourth-order valence-corrected chi connectivity index (χ4v) is 2.84. The predicted molar refractivity (Wildman–Crippen MR) is 87.4 cm³/mol. The molecule has 2 rings (SSSR count). The highest BCUT2D eigenvalue weighted by Gasteiger charge is 2.18. The van der Waals surface area contributed by atoms with Gasteiger partial charge in [0.15, 0.2) is 0 Å². The van der Waals surface area contributed by atoms with Gasteiger partial charge in [0, 0.05) is 12.1 Å². The van der Waals surface area contributed by atoms with Crippen LogP contribution in [0.2, 0.25) is 0 Å². The molecule has 0 saturated carbocycles. The highest BCUT2D eigenvalue weighted by atomic mass is 32.1. The van der Waals surface area contributed by atoms with Gasteiger partial charge in [-0.1, -0.05) is 37.6 Å². The first-order valence-corrected chi connectivity index (χ1v) is 8.15. The number of thiophene rings is 1. The third kappa shape index (κ3) is 4.02. The van der Waals surface area contributed by atoms with Gasteiger partial charge in [0.25, 0.3) is 5.91 Å². The van der Waals surface area contributed by atoms with Crippen molar-refractivity contribution < 1.29 is 14.7 Å². The van der Waals surface area contributed by atoms with Crippen LogP contribution < -0.4 is 5.32 Å². The van der Waals surface area contributed by atoms with Crippen LogP contribution in [0.15, 0.2) is 41.8 Å². The summed E-state index contributed by atoms with van der Waals surface area (Å²) < 4.78 is 0. The van der Waals surface area contributed by atoms with Crippen molar-refractivity contribution in [2.24, 2.45) is 0 Å². The molecule has 0 saturated heterocycles. The maximum Gasteiger partial charge on any atom is 0.252 e. The molecular weight excluding hydrogens is 298 g/mol. The maximum atomic E-state index is 12.5. The third-order valence-corrected chi connectivity index (χ3v) is 4.15. The van der Waals surface area contributed by atoms with Gasteiger partial charge in [-0.15, -0.1) is 11.3 Å². The Morgan fingerprint density at radius 3 is 2.55 bits per heavy atom. The highest BCUT2D eigenvalue weighted by molar-refractivity contribution is 7.12. The van der Waals surface area contributed by atoms with E-state index < -0.39 is 6.10 Å². The minimum absolute atomic E-state index is 0.158. The average molecular weight is 317 g/mol. The van der Waals surface area contributed by atoms with Crippen LogP contribution in [-0.4, -0.2) is 29.4 Å². The van der Waals surface area contributed by atoms with Gasteiger partial charge in [-0.25, -0.2) is 0 Å². The van der Waals surface area contributed by atoms with Crippen LogP contribution in [0.4, 0.5) is 0 Å². The number of amides is 1. The third-order valence-electron chi connectivity index (χ3n) is 3.28. The molecule has 1 atom stereocenters. The molecule has 0 bridgehead atoms. The van der Waals surface area contributed by atoms with E-state index in [1.54, 1.807) is 30.3 Å². The van der Waals surface area contributed by atoms with Gasteiger partial charge < -0.3 is 10.4 Å². The monoisotopic (exact) mass is 317 g/mol. The van der Waals surface area contributed by atoms with Crippen LogP contribution in [0.3, 0.4) is 0 Å². The zero-order chi connectivity index (χ0) is 15.9. The number of aliphatic hydroxyl groups is 1. The number of rotatable bonds is 7. The van der Waals surface area contributed by atoms with E-state index in [1.807, 2.05) is 18.4 Å². The smallest absolute Gasteiger partial charge is 0.252 e. The minimum atomic E-state index is -0.561. The van der Waals surface area contributed by atoms with Crippen molar-refractivity contribution in [1.29, 1.82) is 0 Å². The molecule has 5 heteroatoms. The number of hydrogen-bond donors (Lipinski definition) is 2. The Labute approximate surface area is 133 Å². The van der Waals surface area contributed by atoms with Crippen LogP contribution in [0.25, 0.3) is 0 Å². The number of ketones is 1. The Morgan fingerprint density at radius 1 is 1.18 bits per heavy atom. The molecule has 2 aromatic rings. The number of nitrogens with one attached hydrogen (secondary N) is 1. The molecule has 0 aliphatic carbocycles. The number of aliphatic hydroxyl groups excluding tert-OH is 1. The first-order chi connectivity index (χ1) is 10.6. The Bertz CT molecular complexity index is 637. The molecule has 0 spiro atoms. The second-order valence-corrected chi connectivity index (χ2v) is 5.95. The lowest BCUT2D eigenvalue weighted by molar-refractivity contribution is 0.0903. The lowest BCUT2D eigenvalue weighted by Crippen LogP contribution is -2.32. The van der Waals surface area contributed by atoms with E-state index in [4.69, 9.17) is 0 Å². The van der Waals surface area contributed by atoms with Crippen LogP contribution in [0, 0.1) is 0 Å². The minimum Gasteiger partial charge on any atom is -0.391 e. The summed E-state index contributed by atoms with van der Waals surface area (Å²) in [4.78, 5) is 25.3. The molecule has 4 nitrogen and oxygen atoms in total. The van der Waals surface area contributed by atoms with E-state index in [9.17, 15) is 14.7 Å². The van der Waals surface area contributed by atoms with Crippen molar-refractivity contribution in [1.82, 2.24) is 5.32 Å². The van der Waals surface area contributed by atoms with E-state index in [-0.39, 0.29) is 18.2 Å². The van der Waals surface area contributed by atoms with E-state index in [2.05, 4.69) is 5.32 Å². The molecule has 0 radical (unpaired) electrons. The summed E-state index contributed by atoms with van der Waals surface area (Å²) in [5.74, 6) is -0.495. The van der Waals surface area contributed by atoms with Gasteiger partial charge in [-0.3, -0.25) is 9.59 Å². The molecule has 1 amide bonds. The van der Waals surface area contributed by atoms with Crippen LogP contribution >= 0.6 is 11.3 Å². The average Bonchev–Trinajstić information content (AvgIpc) is 3.06. The fourth-order valence-electron chi connectivity index (χ4n) is 2.16. The van der Waals surface area contributed by atoms with Gasteiger partial charge in [0.1, 0.15) is 0 Å².